The summed E-state index contributed by atoms with van der Waals surface area (Å²) in [6, 6.07) is 10.5. The number of benzene rings is 2. The molecular weight excluding hydrogens is 541 g/mol. The maximum absolute atomic E-state index is 14.3. The summed E-state index contributed by atoms with van der Waals surface area (Å²) in [6.07, 6.45) is 3.28. The number of nitrogens with zero attached hydrogens (tertiary/aromatic N) is 6. The number of halogens is 2. The van der Waals surface area contributed by atoms with Gasteiger partial charge in [0, 0.05) is 27.7 Å². The summed E-state index contributed by atoms with van der Waals surface area (Å²) in [5.74, 6) is 0.527. The van der Waals surface area contributed by atoms with Gasteiger partial charge < -0.3 is 14.0 Å². The number of anilines is 1. The molecule has 198 valence electrons. The number of fused-ring (bicyclic) bond motifs is 2. The second-order valence-corrected chi connectivity index (χ2v) is 10.2. The molecule has 5 aromatic rings. The van der Waals surface area contributed by atoms with Gasteiger partial charge in [-0.25, -0.2) is 9.97 Å². The van der Waals surface area contributed by atoms with E-state index in [0.717, 1.165) is 22.2 Å². The maximum atomic E-state index is 14.3. The molecular formula is C27H23Cl2N7O3. The molecule has 12 heteroatoms. The zero-order valence-electron chi connectivity index (χ0n) is 21.4. The first-order valence-electron chi connectivity index (χ1n) is 12.1. The predicted octanol–water partition coefficient (Wildman–Crippen LogP) is 5.87. The van der Waals surface area contributed by atoms with Crippen LogP contribution in [0.4, 0.5) is 5.69 Å². The minimum absolute atomic E-state index is 0.0843. The maximum Gasteiger partial charge on any atom is 0.319 e. The molecule has 2 aromatic carbocycles. The van der Waals surface area contributed by atoms with Gasteiger partial charge in [-0.1, -0.05) is 35.3 Å². The molecule has 0 aliphatic carbocycles. The van der Waals surface area contributed by atoms with Crippen molar-refractivity contribution in [3.05, 3.63) is 75.8 Å². The number of methoxy groups -OCH3 is 2. The smallest absolute Gasteiger partial charge is 0.319 e. The van der Waals surface area contributed by atoms with Crippen LogP contribution in [-0.2, 0) is 0 Å². The van der Waals surface area contributed by atoms with Crippen LogP contribution >= 0.6 is 23.2 Å². The van der Waals surface area contributed by atoms with Crippen LogP contribution in [0.15, 0.2) is 48.8 Å². The van der Waals surface area contributed by atoms with E-state index < -0.39 is 6.04 Å². The Morgan fingerprint density at radius 1 is 1.00 bits per heavy atom. The summed E-state index contributed by atoms with van der Waals surface area (Å²) in [6.45, 7) is 4.06. The van der Waals surface area contributed by atoms with Crippen molar-refractivity contribution >= 4 is 45.7 Å². The molecule has 1 atom stereocenters. The van der Waals surface area contributed by atoms with E-state index in [0.29, 0.717) is 32.8 Å². The average Bonchev–Trinajstić information content (AvgIpc) is 3.62. The van der Waals surface area contributed by atoms with Gasteiger partial charge in [0.15, 0.2) is 5.69 Å². The highest BCUT2D eigenvalue weighted by Gasteiger charge is 2.45. The molecule has 1 aliphatic rings. The molecule has 39 heavy (non-hydrogen) atoms. The Kier molecular flexibility index (Phi) is 6.16. The largest absolute Gasteiger partial charge is 0.480 e. The number of carbonyl (C=O) groups excluding carboxylic acids is 1. The standard InChI is InChI=1S/C27H23Cl2N7O3/c1-13(2)35-23-21(32-24(35)18-11-30-27(39-4)33-25(18)38-3)26(37)36(22(23)14-5-7-15(28)8-6-14)20-10-16(29)9-19-17(20)12-31-34-19/h5-13,22H,1-4H3,(H,31,34). The van der Waals surface area contributed by atoms with E-state index in [1.165, 1.54) is 14.2 Å². The Morgan fingerprint density at radius 2 is 1.77 bits per heavy atom. The minimum atomic E-state index is -0.532. The number of aromatic amines is 1. The van der Waals surface area contributed by atoms with Crippen LogP contribution in [0.2, 0.25) is 10.0 Å². The lowest BCUT2D eigenvalue weighted by Gasteiger charge is -2.29. The van der Waals surface area contributed by atoms with Crippen molar-refractivity contribution in [2.24, 2.45) is 0 Å². The molecule has 1 aliphatic heterocycles. The summed E-state index contributed by atoms with van der Waals surface area (Å²) >= 11 is 12.7. The third kappa shape index (κ3) is 3.98. The van der Waals surface area contributed by atoms with Crippen LogP contribution in [0, 0.1) is 0 Å². The number of nitrogens with one attached hydrogen (secondary N) is 1. The normalized spacial score (nSPS) is 14.9. The molecule has 0 fully saturated rings. The van der Waals surface area contributed by atoms with Gasteiger partial charge in [0.2, 0.25) is 5.88 Å². The Bertz CT molecular complexity index is 1730. The fourth-order valence-corrected chi connectivity index (χ4v) is 5.42. The molecule has 0 radical (unpaired) electrons. The molecule has 0 saturated carbocycles. The zero-order valence-corrected chi connectivity index (χ0v) is 22.9. The van der Waals surface area contributed by atoms with Crippen molar-refractivity contribution in [2.45, 2.75) is 25.9 Å². The summed E-state index contributed by atoms with van der Waals surface area (Å²) in [5.41, 5.74) is 3.77. The summed E-state index contributed by atoms with van der Waals surface area (Å²) in [7, 11) is 3.00. The van der Waals surface area contributed by atoms with Crippen LogP contribution < -0.4 is 14.4 Å². The van der Waals surface area contributed by atoms with Crippen LogP contribution in [0.1, 0.15) is 47.7 Å². The lowest BCUT2D eigenvalue weighted by Crippen LogP contribution is -2.30. The number of H-pyrrole nitrogens is 1. The van der Waals surface area contributed by atoms with Gasteiger partial charge >= 0.3 is 6.01 Å². The number of aromatic nitrogens is 6. The molecule has 3 aromatic heterocycles. The number of hydrogen-bond donors (Lipinski definition) is 1. The van der Waals surface area contributed by atoms with Crippen molar-refractivity contribution in [1.82, 2.24) is 29.7 Å². The number of carbonyl (C=O) groups is 1. The van der Waals surface area contributed by atoms with Gasteiger partial charge in [-0.2, -0.15) is 10.1 Å². The molecule has 1 amide bonds. The van der Waals surface area contributed by atoms with E-state index in [4.69, 9.17) is 37.7 Å². The van der Waals surface area contributed by atoms with Gasteiger partial charge in [0.25, 0.3) is 5.91 Å². The van der Waals surface area contributed by atoms with Crippen LogP contribution in [0.5, 0.6) is 11.9 Å². The van der Waals surface area contributed by atoms with E-state index in [9.17, 15) is 4.79 Å². The fraction of sp³-hybridized carbons (Fsp3) is 0.222. The van der Waals surface area contributed by atoms with Gasteiger partial charge in [-0.05, 0) is 43.7 Å². The SMILES string of the molecule is COc1ncc(-c2nc3c(n2C(C)C)C(c2ccc(Cl)cc2)N(c2cc(Cl)cc4[nH]ncc24)C3=O)c(OC)n1. The van der Waals surface area contributed by atoms with E-state index in [2.05, 4.69) is 20.2 Å². The monoisotopic (exact) mass is 563 g/mol. The lowest BCUT2D eigenvalue weighted by molar-refractivity contribution is 0.0989. The summed E-state index contributed by atoms with van der Waals surface area (Å²) < 4.78 is 12.7. The van der Waals surface area contributed by atoms with E-state index >= 15 is 0 Å². The second kappa shape index (κ2) is 9.55. The highest BCUT2D eigenvalue weighted by Crippen LogP contribution is 2.47. The molecule has 0 saturated heterocycles. The van der Waals surface area contributed by atoms with Crippen LogP contribution in [0.25, 0.3) is 22.3 Å². The number of amides is 1. The topological polar surface area (TPSA) is 111 Å². The average molecular weight is 564 g/mol. The van der Waals surface area contributed by atoms with Gasteiger partial charge in [0.05, 0.1) is 42.9 Å². The predicted molar refractivity (Wildman–Crippen MR) is 148 cm³/mol. The molecule has 1 N–H and O–H groups in total. The Morgan fingerprint density at radius 3 is 2.46 bits per heavy atom. The number of hydrogen-bond acceptors (Lipinski definition) is 7. The highest BCUT2D eigenvalue weighted by atomic mass is 35.5. The Hall–Kier alpha value is -4.15. The second-order valence-electron chi connectivity index (χ2n) is 9.30. The summed E-state index contributed by atoms with van der Waals surface area (Å²) in [4.78, 5) is 29.5. The Balaban J connectivity index is 1.63. The third-order valence-corrected chi connectivity index (χ3v) is 7.17. The van der Waals surface area contributed by atoms with E-state index in [1.807, 2.05) is 30.5 Å². The van der Waals surface area contributed by atoms with Gasteiger partial charge in [-0.3, -0.25) is 14.8 Å². The molecule has 1 unspecified atom stereocenters. The first kappa shape index (κ1) is 25.1. The first-order valence-corrected chi connectivity index (χ1v) is 12.9. The van der Waals surface area contributed by atoms with Crippen LogP contribution in [0.3, 0.4) is 0 Å². The molecule has 6 rings (SSSR count). The Labute approximate surface area is 233 Å². The molecule has 0 bridgehead atoms. The van der Waals surface area contributed by atoms with Gasteiger partial charge in [-0.15, -0.1) is 0 Å². The number of rotatable bonds is 6. The first-order chi connectivity index (χ1) is 18.8. The summed E-state index contributed by atoms with van der Waals surface area (Å²) in [5, 5.41) is 8.96. The lowest BCUT2D eigenvalue weighted by atomic mass is 10.0. The quantitative estimate of drug-likeness (QED) is 0.275. The van der Waals surface area contributed by atoms with E-state index in [-0.39, 0.29) is 23.8 Å². The third-order valence-electron chi connectivity index (χ3n) is 6.70. The van der Waals surface area contributed by atoms with Crippen molar-refractivity contribution in [1.29, 1.82) is 0 Å². The van der Waals surface area contributed by atoms with Crippen molar-refractivity contribution in [3.63, 3.8) is 0 Å². The zero-order chi connectivity index (χ0) is 27.4. The van der Waals surface area contributed by atoms with Crippen molar-refractivity contribution in [2.75, 3.05) is 19.1 Å². The highest BCUT2D eigenvalue weighted by molar-refractivity contribution is 6.32. The fourth-order valence-electron chi connectivity index (χ4n) is 5.09. The van der Waals surface area contributed by atoms with Crippen LogP contribution in [-0.4, -0.2) is 49.8 Å². The van der Waals surface area contributed by atoms with Crippen molar-refractivity contribution in [3.8, 4) is 23.3 Å². The van der Waals surface area contributed by atoms with Gasteiger partial charge in [0.1, 0.15) is 11.9 Å². The number of imidazole rings is 1. The molecule has 10 nitrogen and oxygen atoms in total. The van der Waals surface area contributed by atoms with Crippen molar-refractivity contribution < 1.29 is 14.3 Å². The molecule has 0 spiro atoms. The number of ether oxygens (including phenoxy) is 2. The van der Waals surface area contributed by atoms with E-state index in [1.54, 1.807) is 41.6 Å². The molecule has 4 heterocycles. The minimum Gasteiger partial charge on any atom is -0.480 e.